The lowest BCUT2D eigenvalue weighted by atomic mass is 10.0. The second kappa shape index (κ2) is 8.20. The number of carbonyl (C=O) groups is 1. The third kappa shape index (κ3) is 4.96. The first-order chi connectivity index (χ1) is 11.5. The molecule has 0 heterocycles. The van der Waals surface area contributed by atoms with Crippen LogP contribution in [0.1, 0.15) is 32.4 Å². The minimum atomic E-state index is -2.00. The van der Waals surface area contributed by atoms with Crippen LogP contribution >= 0.6 is 0 Å². The molecule has 0 aliphatic rings. The Morgan fingerprint density at radius 1 is 1.16 bits per heavy atom. The van der Waals surface area contributed by atoms with Gasteiger partial charge in [0.15, 0.2) is 6.10 Å². The zero-order valence-electron chi connectivity index (χ0n) is 16.4. The van der Waals surface area contributed by atoms with Crippen molar-refractivity contribution in [2.75, 3.05) is 21.3 Å². The average Bonchev–Trinajstić information content (AvgIpc) is 2.53. The summed E-state index contributed by atoms with van der Waals surface area (Å²) in [6.07, 6.45) is -2.35. The summed E-state index contributed by atoms with van der Waals surface area (Å²) in [4.78, 5) is 11.8. The number of aliphatic hydroxyl groups is 1. The molecule has 0 spiro atoms. The highest BCUT2D eigenvalue weighted by molar-refractivity contribution is 6.74. The highest BCUT2D eigenvalue weighted by atomic mass is 28.4. The monoisotopic (exact) mass is 370 g/mol. The van der Waals surface area contributed by atoms with Crippen molar-refractivity contribution in [3.8, 4) is 11.5 Å². The lowest BCUT2D eigenvalue weighted by Gasteiger charge is -2.36. The number of hydrogen-bond acceptors (Lipinski definition) is 6. The summed E-state index contributed by atoms with van der Waals surface area (Å²) < 4.78 is 21.4. The molecule has 0 fully saturated rings. The fourth-order valence-electron chi connectivity index (χ4n) is 2.08. The number of methoxy groups -OCH3 is 3. The highest BCUT2D eigenvalue weighted by Crippen LogP contribution is 2.39. The molecule has 6 nitrogen and oxygen atoms in total. The van der Waals surface area contributed by atoms with Gasteiger partial charge in [-0.2, -0.15) is 0 Å². The van der Waals surface area contributed by atoms with E-state index in [0.29, 0.717) is 17.1 Å². The van der Waals surface area contributed by atoms with Crippen molar-refractivity contribution in [3.05, 3.63) is 23.8 Å². The topological polar surface area (TPSA) is 74.2 Å². The van der Waals surface area contributed by atoms with E-state index in [1.165, 1.54) is 21.3 Å². The van der Waals surface area contributed by atoms with Crippen LogP contribution in [0.2, 0.25) is 18.1 Å². The maximum absolute atomic E-state index is 11.8. The van der Waals surface area contributed by atoms with Gasteiger partial charge in [0.05, 0.1) is 14.2 Å². The lowest BCUT2D eigenvalue weighted by molar-refractivity contribution is -0.159. The predicted octanol–water partition coefficient (Wildman–Crippen LogP) is 3.30. The predicted molar refractivity (Wildman–Crippen MR) is 98.6 cm³/mol. The maximum atomic E-state index is 11.8. The molecule has 0 saturated carbocycles. The second-order valence-corrected chi connectivity index (χ2v) is 12.1. The fourth-order valence-corrected chi connectivity index (χ4v) is 3.10. The van der Waals surface area contributed by atoms with E-state index in [0.717, 1.165) is 0 Å². The molecular weight excluding hydrogens is 340 g/mol. The Morgan fingerprint density at radius 2 is 1.76 bits per heavy atom. The van der Waals surface area contributed by atoms with Gasteiger partial charge in [0.2, 0.25) is 8.32 Å². The van der Waals surface area contributed by atoms with Crippen LogP contribution in [0.3, 0.4) is 0 Å². The van der Waals surface area contributed by atoms with Gasteiger partial charge in [-0.15, -0.1) is 0 Å². The van der Waals surface area contributed by atoms with Crippen LogP contribution < -0.4 is 9.16 Å². The Hall–Kier alpha value is -1.57. The van der Waals surface area contributed by atoms with Gasteiger partial charge in [0.1, 0.15) is 17.6 Å². The van der Waals surface area contributed by atoms with Crippen LogP contribution in [0, 0.1) is 0 Å². The molecule has 1 unspecified atom stereocenters. The number of rotatable bonds is 7. The normalized spacial score (nSPS) is 14.6. The number of esters is 1. The van der Waals surface area contributed by atoms with Crippen LogP contribution in [-0.2, 0) is 14.3 Å². The molecule has 0 saturated heterocycles. The first kappa shape index (κ1) is 21.5. The molecule has 7 heteroatoms. The van der Waals surface area contributed by atoms with Gasteiger partial charge in [-0.3, -0.25) is 0 Å². The van der Waals surface area contributed by atoms with E-state index >= 15 is 0 Å². The number of benzene rings is 1. The Labute approximate surface area is 151 Å². The molecule has 0 bridgehead atoms. The van der Waals surface area contributed by atoms with E-state index in [2.05, 4.69) is 38.6 Å². The van der Waals surface area contributed by atoms with E-state index < -0.39 is 26.5 Å². The maximum Gasteiger partial charge on any atom is 0.338 e. The van der Waals surface area contributed by atoms with E-state index in [4.69, 9.17) is 13.9 Å². The number of hydrogen-bond donors (Lipinski definition) is 1. The summed E-state index contributed by atoms with van der Waals surface area (Å²) >= 11 is 0. The van der Waals surface area contributed by atoms with Crippen molar-refractivity contribution >= 4 is 14.3 Å². The first-order valence-electron chi connectivity index (χ1n) is 8.14. The Morgan fingerprint density at radius 3 is 2.20 bits per heavy atom. The van der Waals surface area contributed by atoms with Gasteiger partial charge < -0.3 is 23.7 Å². The summed E-state index contributed by atoms with van der Waals surface area (Å²) in [5.41, 5.74) is 0.433. The fraction of sp³-hybridized carbons (Fsp3) is 0.611. The number of ether oxygens (including phenoxy) is 3. The molecule has 142 valence electrons. The zero-order valence-corrected chi connectivity index (χ0v) is 17.4. The van der Waals surface area contributed by atoms with Gasteiger partial charge in [-0.1, -0.05) is 20.8 Å². The van der Waals surface area contributed by atoms with Crippen molar-refractivity contribution in [1.29, 1.82) is 0 Å². The van der Waals surface area contributed by atoms with Crippen molar-refractivity contribution < 1.29 is 28.5 Å². The van der Waals surface area contributed by atoms with Crippen molar-refractivity contribution in [1.82, 2.24) is 0 Å². The van der Waals surface area contributed by atoms with Crippen molar-refractivity contribution in [3.63, 3.8) is 0 Å². The molecule has 0 radical (unpaired) electrons. The third-order valence-corrected chi connectivity index (χ3v) is 9.04. The molecule has 1 rings (SSSR count). The van der Waals surface area contributed by atoms with Crippen LogP contribution in [0.5, 0.6) is 11.5 Å². The molecule has 0 amide bonds. The summed E-state index contributed by atoms with van der Waals surface area (Å²) in [6, 6.07) is 5.18. The molecule has 0 aromatic heterocycles. The van der Waals surface area contributed by atoms with Gasteiger partial charge >= 0.3 is 5.97 Å². The van der Waals surface area contributed by atoms with Gasteiger partial charge in [0.25, 0.3) is 0 Å². The average molecular weight is 371 g/mol. The Kier molecular flexibility index (Phi) is 7.05. The highest BCUT2D eigenvalue weighted by Gasteiger charge is 2.39. The summed E-state index contributed by atoms with van der Waals surface area (Å²) in [6.45, 7) is 10.8. The van der Waals surface area contributed by atoms with E-state index in [-0.39, 0.29) is 5.04 Å². The molecule has 0 aliphatic carbocycles. The Bertz CT molecular complexity index is 594. The van der Waals surface area contributed by atoms with Gasteiger partial charge in [-0.05, 0) is 30.3 Å². The van der Waals surface area contributed by atoms with E-state index in [1.54, 1.807) is 18.2 Å². The summed E-state index contributed by atoms with van der Waals surface area (Å²) in [5.74, 6) is 0.444. The van der Waals surface area contributed by atoms with Crippen LogP contribution in [-0.4, -0.2) is 46.8 Å². The second-order valence-electron chi connectivity index (χ2n) is 7.39. The quantitative estimate of drug-likeness (QED) is 0.586. The van der Waals surface area contributed by atoms with Crippen LogP contribution in [0.15, 0.2) is 18.2 Å². The summed E-state index contributed by atoms with van der Waals surface area (Å²) in [7, 11) is 2.09. The molecule has 1 aromatic rings. The van der Waals surface area contributed by atoms with Crippen molar-refractivity contribution in [2.24, 2.45) is 0 Å². The van der Waals surface area contributed by atoms with E-state index in [9.17, 15) is 9.90 Å². The minimum absolute atomic E-state index is 0.0600. The first-order valence-corrected chi connectivity index (χ1v) is 11.0. The third-order valence-electron chi connectivity index (χ3n) is 4.68. The lowest BCUT2D eigenvalue weighted by Crippen LogP contribution is -2.43. The standard InChI is InChI=1S/C18H30O6Si/c1-18(2,3)25(7,8)24-12-9-10-13(14(11-12)21-4)15(19)16(22-5)17(20)23-6/h9-11,15-16,19H,1-8H3/t15?,16-/m0/s1. The molecule has 0 aliphatic heterocycles. The molecule has 2 atom stereocenters. The molecule has 1 aromatic carbocycles. The molecule has 25 heavy (non-hydrogen) atoms. The molecule has 1 N–H and O–H groups in total. The zero-order chi connectivity index (χ0) is 19.4. The van der Waals surface area contributed by atoms with Crippen LogP contribution in [0.4, 0.5) is 0 Å². The van der Waals surface area contributed by atoms with Gasteiger partial charge in [-0.25, -0.2) is 4.79 Å². The van der Waals surface area contributed by atoms with Gasteiger partial charge in [0, 0.05) is 18.7 Å². The van der Waals surface area contributed by atoms with Crippen molar-refractivity contribution in [2.45, 2.75) is 51.1 Å². The smallest absolute Gasteiger partial charge is 0.338 e. The number of carbonyl (C=O) groups excluding carboxylic acids is 1. The number of aliphatic hydroxyl groups excluding tert-OH is 1. The minimum Gasteiger partial charge on any atom is -0.543 e. The largest absolute Gasteiger partial charge is 0.543 e. The SMILES string of the molecule is COC(=O)[C@@H](OC)C(O)c1ccc(O[Si](C)(C)C(C)(C)C)cc1OC. The van der Waals surface area contributed by atoms with E-state index in [1.807, 2.05) is 0 Å². The Balaban J connectivity index is 3.16. The molecular formula is C18H30O6Si. The van der Waals surface area contributed by atoms with Crippen LogP contribution in [0.25, 0.3) is 0 Å². The summed E-state index contributed by atoms with van der Waals surface area (Å²) in [5, 5.41) is 10.6.